The van der Waals surface area contributed by atoms with E-state index in [-0.39, 0.29) is 5.92 Å². The Morgan fingerprint density at radius 3 is 2.91 bits per heavy atom. The summed E-state index contributed by atoms with van der Waals surface area (Å²) in [5, 5.41) is 13.0. The number of piperidine rings is 1. The molecule has 1 N–H and O–H groups in total. The number of aromatic nitrogens is 2. The van der Waals surface area contributed by atoms with Crippen molar-refractivity contribution in [1.82, 2.24) is 15.0 Å². The minimum absolute atomic E-state index is 0.235. The molecule has 3 rings (SSSR count). The van der Waals surface area contributed by atoms with Gasteiger partial charge in [0, 0.05) is 5.56 Å². The summed E-state index contributed by atoms with van der Waals surface area (Å²) >= 11 is 0. The number of methoxy groups -OCH3 is 1. The van der Waals surface area contributed by atoms with Crippen molar-refractivity contribution >= 4 is 5.97 Å². The van der Waals surface area contributed by atoms with Crippen molar-refractivity contribution in [2.45, 2.75) is 19.4 Å². The van der Waals surface area contributed by atoms with Crippen LogP contribution in [-0.2, 0) is 11.3 Å². The highest BCUT2D eigenvalue weighted by Gasteiger charge is 2.25. The van der Waals surface area contributed by atoms with E-state index in [1.54, 1.807) is 7.11 Å². The van der Waals surface area contributed by atoms with Crippen LogP contribution in [0.4, 0.5) is 0 Å². The van der Waals surface area contributed by atoms with Crippen LogP contribution in [0.15, 0.2) is 28.8 Å². The molecule has 0 unspecified atom stereocenters. The summed E-state index contributed by atoms with van der Waals surface area (Å²) < 4.78 is 10.5. The summed E-state index contributed by atoms with van der Waals surface area (Å²) in [5.74, 6) is 0.865. The molecule has 1 aromatic heterocycles. The van der Waals surface area contributed by atoms with Crippen LogP contribution in [0.5, 0.6) is 5.75 Å². The Kier molecular flexibility index (Phi) is 4.57. The average molecular weight is 317 g/mol. The van der Waals surface area contributed by atoms with Gasteiger partial charge in [-0.15, -0.1) is 0 Å². The molecule has 0 saturated carbocycles. The Bertz CT molecular complexity index is 677. The van der Waals surface area contributed by atoms with E-state index >= 15 is 0 Å². The first kappa shape index (κ1) is 15.5. The number of likely N-dealkylation sites (tertiary alicyclic amines) is 1. The summed E-state index contributed by atoms with van der Waals surface area (Å²) in [5.41, 5.74) is 0.837. The second kappa shape index (κ2) is 6.78. The lowest BCUT2D eigenvalue weighted by Crippen LogP contribution is -2.35. The molecular formula is C16H19N3O4. The van der Waals surface area contributed by atoms with E-state index in [2.05, 4.69) is 15.0 Å². The quantitative estimate of drug-likeness (QED) is 0.902. The van der Waals surface area contributed by atoms with Crippen molar-refractivity contribution in [3.63, 3.8) is 0 Å². The molecule has 0 bridgehead atoms. The molecule has 7 heteroatoms. The van der Waals surface area contributed by atoms with Gasteiger partial charge in [-0.05, 0) is 38.1 Å². The van der Waals surface area contributed by atoms with Crippen molar-refractivity contribution in [1.29, 1.82) is 0 Å². The third-order valence-electron chi connectivity index (χ3n) is 4.09. The van der Waals surface area contributed by atoms with Crippen LogP contribution in [0.25, 0.3) is 11.4 Å². The molecular weight excluding hydrogens is 298 g/mol. The third kappa shape index (κ3) is 3.68. The highest BCUT2D eigenvalue weighted by molar-refractivity contribution is 5.70. The topological polar surface area (TPSA) is 88.7 Å². The molecule has 2 aromatic rings. The molecule has 1 saturated heterocycles. The normalized spacial score (nSPS) is 16.4. The maximum atomic E-state index is 11.0. The van der Waals surface area contributed by atoms with Crippen LogP contribution in [0.1, 0.15) is 18.7 Å². The number of nitrogens with zero attached hydrogens (tertiary/aromatic N) is 3. The zero-order valence-electron chi connectivity index (χ0n) is 12.9. The van der Waals surface area contributed by atoms with Gasteiger partial charge >= 0.3 is 5.97 Å². The molecule has 0 atom stereocenters. The Balaban J connectivity index is 1.62. The Labute approximate surface area is 133 Å². The fourth-order valence-electron chi connectivity index (χ4n) is 2.73. The standard InChI is InChI=1S/C16H19N3O4/c1-22-13-4-2-3-12(9-13)15-17-14(23-18-15)10-19-7-5-11(6-8-19)16(20)21/h2-4,9,11H,5-8,10H2,1H3,(H,20,21). The van der Waals surface area contributed by atoms with Crippen LogP contribution < -0.4 is 4.74 Å². The number of benzene rings is 1. The lowest BCUT2D eigenvalue weighted by molar-refractivity contribution is -0.143. The van der Waals surface area contributed by atoms with Gasteiger partial charge in [0.1, 0.15) is 5.75 Å². The van der Waals surface area contributed by atoms with Crippen LogP contribution >= 0.6 is 0 Å². The first-order valence-electron chi connectivity index (χ1n) is 7.58. The Hall–Kier alpha value is -2.41. The Morgan fingerprint density at radius 1 is 1.43 bits per heavy atom. The lowest BCUT2D eigenvalue weighted by atomic mass is 9.97. The first-order valence-corrected chi connectivity index (χ1v) is 7.58. The molecule has 0 aliphatic carbocycles. The van der Waals surface area contributed by atoms with E-state index in [1.807, 2.05) is 24.3 Å². The largest absolute Gasteiger partial charge is 0.497 e. The molecule has 1 aliphatic heterocycles. The molecule has 0 amide bonds. The molecule has 1 aliphatic rings. The van der Waals surface area contributed by atoms with Crippen LogP contribution in [0, 0.1) is 5.92 Å². The van der Waals surface area contributed by atoms with Gasteiger partial charge < -0.3 is 14.4 Å². The van der Waals surface area contributed by atoms with Gasteiger partial charge in [-0.25, -0.2) is 0 Å². The minimum atomic E-state index is -0.706. The van der Waals surface area contributed by atoms with Gasteiger partial charge in [-0.1, -0.05) is 17.3 Å². The molecule has 0 radical (unpaired) electrons. The predicted molar refractivity (Wildman–Crippen MR) is 81.9 cm³/mol. The Morgan fingerprint density at radius 2 is 2.22 bits per heavy atom. The molecule has 2 heterocycles. The van der Waals surface area contributed by atoms with Gasteiger partial charge in [0.25, 0.3) is 0 Å². The molecule has 1 aromatic carbocycles. The van der Waals surface area contributed by atoms with E-state index in [4.69, 9.17) is 14.4 Å². The average Bonchev–Trinajstić information content (AvgIpc) is 3.04. The second-order valence-corrected chi connectivity index (χ2v) is 5.63. The molecule has 1 fully saturated rings. The second-order valence-electron chi connectivity index (χ2n) is 5.63. The van der Waals surface area contributed by atoms with Crippen LogP contribution in [0.2, 0.25) is 0 Å². The summed E-state index contributed by atoms with van der Waals surface area (Å²) in [6.45, 7) is 2.00. The highest BCUT2D eigenvalue weighted by Crippen LogP contribution is 2.23. The summed E-state index contributed by atoms with van der Waals surface area (Å²) in [7, 11) is 1.61. The van der Waals surface area contributed by atoms with Gasteiger partial charge in [0.15, 0.2) is 0 Å². The predicted octanol–water partition coefficient (Wildman–Crippen LogP) is 2.04. The van der Waals surface area contributed by atoms with Gasteiger partial charge in [0.2, 0.25) is 11.7 Å². The fourth-order valence-corrected chi connectivity index (χ4v) is 2.73. The molecule has 122 valence electrons. The number of aliphatic carboxylic acids is 1. The number of hydrogen-bond acceptors (Lipinski definition) is 6. The molecule has 23 heavy (non-hydrogen) atoms. The zero-order valence-corrected chi connectivity index (χ0v) is 12.9. The zero-order chi connectivity index (χ0) is 16.2. The first-order chi connectivity index (χ1) is 11.2. The number of carbonyl (C=O) groups is 1. The monoisotopic (exact) mass is 317 g/mol. The maximum absolute atomic E-state index is 11.0. The van der Waals surface area contributed by atoms with Crippen molar-refractivity contribution < 1.29 is 19.2 Å². The fraction of sp³-hybridized carbons (Fsp3) is 0.438. The van der Waals surface area contributed by atoms with Crippen LogP contribution in [-0.4, -0.2) is 46.3 Å². The van der Waals surface area contributed by atoms with E-state index in [0.717, 1.165) is 24.4 Å². The molecule has 0 spiro atoms. The van der Waals surface area contributed by atoms with E-state index < -0.39 is 5.97 Å². The summed E-state index contributed by atoms with van der Waals surface area (Å²) in [4.78, 5) is 17.5. The summed E-state index contributed by atoms with van der Waals surface area (Å²) in [6.07, 6.45) is 1.32. The summed E-state index contributed by atoms with van der Waals surface area (Å²) in [6, 6.07) is 7.49. The lowest BCUT2D eigenvalue weighted by Gasteiger charge is -2.28. The van der Waals surface area contributed by atoms with E-state index in [0.29, 0.717) is 31.1 Å². The number of hydrogen-bond donors (Lipinski definition) is 1. The number of carboxylic acid groups (broad SMARTS) is 1. The van der Waals surface area contributed by atoms with Crippen LogP contribution in [0.3, 0.4) is 0 Å². The van der Waals surface area contributed by atoms with Gasteiger partial charge in [0.05, 0.1) is 19.6 Å². The van der Waals surface area contributed by atoms with Gasteiger partial charge in [-0.2, -0.15) is 4.98 Å². The van der Waals surface area contributed by atoms with Crippen molar-refractivity contribution in [2.75, 3.05) is 20.2 Å². The van der Waals surface area contributed by atoms with Crippen molar-refractivity contribution in [3.05, 3.63) is 30.2 Å². The number of carboxylic acids is 1. The van der Waals surface area contributed by atoms with E-state index in [9.17, 15) is 4.79 Å². The van der Waals surface area contributed by atoms with E-state index in [1.165, 1.54) is 0 Å². The molecule has 7 nitrogen and oxygen atoms in total. The number of ether oxygens (including phenoxy) is 1. The highest BCUT2D eigenvalue weighted by atomic mass is 16.5. The number of rotatable bonds is 5. The maximum Gasteiger partial charge on any atom is 0.306 e. The van der Waals surface area contributed by atoms with Crippen molar-refractivity contribution in [2.24, 2.45) is 5.92 Å². The SMILES string of the molecule is COc1cccc(-c2noc(CN3CCC(C(=O)O)CC3)n2)c1. The minimum Gasteiger partial charge on any atom is -0.497 e. The smallest absolute Gasteiger partial charge is 0.306 e. The van der Waals surface area contributed by atoms with Gasteiger partial charge in [-0.3, -0.25) is 9.69 Å². The third-order valence-corrected chi connectivity index (χ3v) is 4.09. The van der Waals surface area contributed by atoms with Crippen molar-refractivity contribution in [3.8, 4) is 17.1 Å².